The van der Waals surface area contributed by atoms with Gasteiger partial charge in [-0.2, -0.15) is 0 Å². The summed E-state index contributed by atoms with van der Waals surface area (Å²) in [5.41, 5.74) is 1.56. The maximum absolute atomic E-state index is 16.0. The van der Waals surface area contributed by atoms with Gasteiger partial charge in [0.2, 0.25) is 5.88 Å². The lowest BCUT2D eigenvalue weighted by molar-refractivity contribution is 0.398. The van der Waals surface area contributed by atoms with Crippen LogP contribution in [0.1, 0.15) is 12.8 Å². The van der Waals surface area contributed by atoms with Crippen LogP contribution in [-0.2, 0) is 0 Å². The van der Waals surface area contributed by atoms with E-state index in [1.165, 1.54) is 13.2 Å². The molecular formula is C25H22ClFN4O2. The summed E-state index contributed by atoms with van der Waals surface area (Å²) in [6, 6.07) is 11.1. The van der Waals surface area contributed by atoms with Crippen LogP contribution in [0.4, 0.5) is 10.1 Å². The van der Waals surface area contributed by atoms with E-state index in [4.69, 9.17) is 16.3 Å². The number of rotatable bonds is 3. The van der Waals surface area contributed by atoms with E-state index in [0.717, 1.165) is 31.6 Å². The Morgan fingerprint density at radius 2 is 1.97 bits per heavy atom. The zero-order chi connectivity index (χ0) is 22.7. The van der Waals surface area contributed by atoms with E-state index >= 15 is 4.39 Å². The lowest BCUT2D eigenvalue weighted by atomic mass is 10.00. The molecular weight excluding hydrogens is 443 g/mol. The number of ether oxygens (including phenoxy) is 1. The predicted octanol–water partition coefficient (Wildman–Crippen LogP) is 4.90. The number of phenolic OH excluding ortho intramolecular Hbond substituents is 1. The molecule has 33 heavy (non-hydrogen) atoms. The number of aromatic nitrogens is 2. The lowest BCUT2D eigenvalue weighted by Gasteiger charge is -2.35. The summed E-state index contributed by atoms with van der Waals surface area (Å²) in [5.74, 6) is -0.215. The van der Waals surface area contributed by atoms with Gasteiger partial charge in [0.15, 0.2) is 5.82 Å². The molecule has 168 valence electrons. The Morgan fingerprint density at radius 1 is 1.18 bits per heavy atom. The third-order valence-electron chi connectivity index (χ3n) is 6.68. The van der Waals surface area contributed by atoms with Gasteiger partial charge >= 0.3 is 0 Å². The van der Waals surface area contributed by atoms with E-state index in [0.29, 0.717) is 44.7 Å². The summed E-state index contributed by atoms with van der Waals surface area (Å²) in [6.45, 7) is 1.68. The summed E-state index contributed by atoms with van der Waals surface area (Å²) in [7, 11) is 1.53. The fourth-order valence-corrected chi connectivity index (χ4v) is 5.50. The fraction of sp³-hybridized carbons (Fsp3) is 0.280. The molecule has 0 radical (unpaired) electrons. The average molecular weight is 465 g/mol. The van der Waals surface area contributed by atoms with Crippen molar-refractivity contribution in [1.29, 1.82) is 0 Å². The van der Waals surface area contributed by atoms with Crippen LogP contribution in [0.5, 0.6) is 11.6 Å². The smallest absolute Gasteiger partial charge is 0.215 e. The number of nitrogens with zero attached hydrogens (tertiary/aromatic N) is 3. The predicted molar refractivity (Wildman–Crippen MR) is 128 cm³/mol. The highest BCUT2D eigenvalue weighted by Crippen LogP contribution is 2.40. The lowest BCUT2D eigenvalue weighted by Crippen LogP contribution is -2.51. The molecule has 4 heterocycles. The largest absolute Gasteiger partial charge is 0.508 e. The molecule has 6 rings (SSSR count). The maximum atomic E-state index is 16.0. The third-order valence-corrected chi connectivity index (χ3v) is 7.00. The molecule has 2 bridgehead atoms. The Hall–Kier alpha value is -3.16. The number of halogens is 2. The van der Waals surface area contributed by atoms with Crippen LogP contribution in [0.25, 0.3) is 32.9 Å². The summed E-state index contributed by atoms with van der Waals surface area (Å²) < 4.78 is 21.5. The fourth-order valence-electron chi connectivity index (χ4n) is 5.21. The minimum absolute atomic E-state index is 0.0108. The van der Waals surface area contributed by atoms with Crippen LogP contribution >= 0.6 is 11.6 Å². The Morgan fingerprint density at radius 3 is 2.73 bits per heavy atom. The molecule has 4 aromatic rings. The quantitative estimate of drug-likeness (QED) is 0.449. The molecule has 8 heteroatoms. The van der Waals surface area contributed by atoms with Crippen LogP contribution < -0.4 is 15.0 Å². The van der Waals surface area contributed by atoms with Crippen molar-refractivity contribution in [1.82, 2.24) is 15.3 Å². The van der Waals surface area contributed by atoms with E-state index in [1.807, 2.05) is 12.1 Å². The van der Waals surface area contributed by atoms with E-state index < -0.39 is 5.82 Å². The standard InChI is InChI=1S/C25H22ClFN4O2/c1-33-21-9-20(31-11-14-5-6-15(12-31)29-14)18-10-28-24(23(27)25(18)30-21)17-8-16(32)7-13-3-2-4-19(26)22(13)17/h2-4,7-10,14-15,29,32H,5-6,11-12H2,1H3. The van der Waals surface area contributed by atoms with Gasteiger partial charge in [-0.25, -0.2) is 9.37 Å². The molecule has 2 aliphatic rings. The SMILES string of the molecule is COc1cc(N2CC3CCC(C2)N3)c2cnc(-c3cc(O)cc4cccc(Cl)c34)c(F)c2n1. The molecule has 2 fully saturated rings. The van der Waals surface area contributed by atoms with Crippen molar-refractivity contribution < 1.29 is 14.2 Å². The molecule has 2 saturated heterocycles. The second-order valence-corrected chi connectivity index (χ2v) is 9.15. The highest BCUT2D eigenvalue weighted by atomic mass is 35.5. The highest BCUT2D eigenvalue weighted by Gasteiger charge is 2.33. The van der Waals surface area contributed by atoms with Crippen molar-refractivity contribution in [2.45, 2.75) is 24.9 Å². The summed E-state index contributed by atoms with van der Waals surface area (Å²) in [6.07, 6.45) is 3.94. The van der Waals surface area contributed by atoms with Gasteiger partial charge in [0.25, 0.3) is 0 Å². The maximum Gasteiger partial charge on any atom is 0.215 e. The zero-order valence-electron chi connectivity index (χ0n) is 18.0. The van der Waals surface area contributed by atoms with Gasteiger partial charge in [0.05, 0.1) is 12.8 Å². The van der Waals surface area contributed by atoms with Gasteiger partial charge in [-0.15, -0.1) is 0 Å². The van der Waals surface area contributed by atoms with Crippen molar-refractivity contribution in [3.8, 4) is 22.9 Å². The summed E-state index contributed by atoms with van der Waals surface area (Å²) >= 11 is 6.46. The van der Waals surface area contributed by atoms with Crippen LogP contribution in [0.15, 0.2) is 42.6 Å². The second kappa shape index (κ2) is 7.71. The normalized spacial score (nSPS) is 20.0. The first-order valence-corrected chi connectivity index (χ1v) is 11.4. The number of hydrogen-bond acceptors (Lipinski definition) is 6. The van der Waals surface area contributed by atoms with Gasteiger partial charge in [-0.3, -0.25) is 4.98 Å². The summed E-state index contributed by atoms with van der Waals surface area (Å²) in [5, 5.41) is 16.3. The Kier molecular flexibility index (Phi) is 4.78. The summed E-state index contributed by atoms with van der Waals surface area (Å²) in [4.78, 5) is 11.2. The van der Waals surface area contributed by atoms with Gasteiger partial charge in [0, 0.05) is 58.8 Å². The van der Waals surface area contributed by atoms with E-state index in [2.05, 4.69) is 20.2 Å². The molecule has 2 aromatic heterocycles. The van der Waals surface area contributed by atoms with Gasteiger partial charge in [0.1, 0.15) is 17.0 Å². The Balaban J connectivity index is 1.57. The van der Waals surface area contributed by atoms with Crippen molar-refractivity contribution in [2.75, 3.05) is 25.1 Å². The van der Waals surface area contributed by atoms with E-state index in [1.54, 1.807) is 24.4 Å². The molecule has 0 aliphatic carbocycles. The number of fused-ring (bicyclic) bond motifs is 4. The Bertz CT molecular complexity index is 1400. The number of benzene rings is 2. The number of piperazine rings is 1. The van der Waals surface area contributed by atoms with Crippen molar-refractivity contribution in [3.05, 3.63) is 53.4 Å². The zero-order valence-corrected chi connectivity index (χ0v) is 18.7. The van der Waals surface area contributed by atoms with E-state index in [-0.39, 0.29) is 17.0 Å². The number of phenols is 1. The molecule has 2 aliphatic heterocycles. The van der Waals surface area contributed by atoms with Crippen LogP contribution in [0, 0.1) is 5.82 Å². The van der Waals surface area contributed by atoms with Crippen molar-refractivity contribution >= 4 is 39.0 Å². The first kappa shape index (κ1) is 20.4. The van der Waals surface area contributed by atoms with E-state index in [9.17, 15) is 5.11 Å². The average Bonchev–Trinajstić information content (AvgIpc) is 3.15. The number of nitrogens with one attached hydrogen (secondary N) is 1. The van der Waals surface area contributed by atoms with Crippen molar-refractivity contribution in [3.63, 3.8) is 0 Å². The minimum Gasteiger partial charge on any atom is -0.508 e. The van der Waals surface area contributed by atoms with Crippen LogP contribution in [-0.4, -0.2) is 47.4 Å². The highest BCUT2D eigenvalue weighted by molar-refractivity contribution is 6.36. The number of anilines is 1. The van der Waals surface area contributed by atoms with Crippen LogP contribution in [0.3, 0.4) is 0 Å². The molecule has 2 atom stereocenters. The second-order valence-electron chi connectivity index (χ2n) is 8.74. The monoisotopic (exact) mass is 464 g/mol. The molecule has 0 spiro atoms. The first-order chi connectivity index (χ1) is 16.0. The minimum atomic E-state index is -0.572. The molecule has 6 nitrogen and oxygen atoms in total. The number of hydrogen-bond donors (Lipinski definition) is 2. The molecule has 2 aromatic carbocycles. The molecule has 2 unspecified atom stereocenters. The molecule has 0 amide bonds. The molecule has 0 saturated carbocycles. The number of pyridine rings is 2. The van der Waals surface area contributed by atoms with Gasteiger partial charge in [-0.1, -0.05) is 23.7 Å². The Labute approximate surface area is 195 Å². The third kappa shape index (κ3) is 3.34. The van der Waals surface area contributed by atoms with Gasteiger partial charge in [-0.05, 0) is 36.4 Å². The van der Waals surface area contributed by atoms with Gasteiger partial charge < -0.3 is 20.1 Å². The van der Waals surface area contributed by atoms with Crippen molar-refractivity contribution in [2.24, 2.45) is 0 Å². The number of methoxy groups -OCH3 is 1. The topological polar surface area (TPSA) is 70.5 Å². The molecule has 2 N–H and O–H groups in total. The number of aromatic hydroxyl groups is 1. The van der Waals surface area contributed by atoms with Crippen LogP contribution in [0.2, 0.25) is 5.02 Å². The first-order valence-electron chi connectivity index (χ1n) is 11.0.